The van der Waals surface area contributed by atoms with E-state index >= 15 is 0 Å². The quantitative estimate of drug-likeness (QED) is 0.693. The number of hydrogen-bond acceptors (Lipinski definition) is 7. The molecule has 0 bridgehead atoms. The first kappa shape index (κ1) is 18.6. The summed E-state index contributed by atoms with van der Waals surface area (Å²) in [5.41, 5.74) is 1.02. The average Bonchev–Trinajstić information content (AvgIpc) is 3.15. The van der Waals surface area contributed by atoms with Crippen LogP contribution in [-0.4, -0.2) is 37.4 Å². The Labute approximate surface area is 158 Å². The number of carbonyl (C=O) groups is 1. The lowest BCUT2D eigenvalue weighted by Crippen LogP contribution is -2.11. The minimum Gasteiger partial charge on any atom is -0.493 e. The van der Waals surface area contributed by atoms with E-state index in [1.165, 1.54) is 56.9 Å². The summed E-state index contributed by atoms with van der Waals surface area (Å²) < 4.78 is 28.9. The molecule has 0 aliphatic carbocycles. The van der Waals surface area contributed by atoms with Gasteiger partial charge < -0.3 is 14.2 Å². The van der Waals surface area contributed by atoms with Gasteiger partial charge in [-0.1, -0.05) is 11.3 Å². The number of methoxy groups -OCH3 is 3. The molecule has 1 amide bonds. The van der Waals surface area contributed by atoms with Crippen molar-refractivity contribution in [2.75, 3.05) is 26.6 Å². The van der Waals surface area contributed by atoms with Crippen LogP contribution in [0.5, 0.6) is 17.2 Å². The number of amides is 1. The zero-order chi connectivity index (χ0) is 19.4. The molecule has 3 rings (SSSR count). The SMILES string of the molecule is COc1cc(-c2nnc(NC(=O)c3ccc(F)cc3)s2)cc(OC)c1OC. The number of aromatic nitrogens is 2. The monoisotopic (exact) mass is 389 g/mol. The van der Waals surface area contributed by atoms with Gasteiger partial charge in [-0.15, -0.1) is 10.2 Å². The molecule has 0 aliphatic rings. The molecule has 3 aromatic rings. The molecule has 0 spiro atoms. The molecule has 27 heavy (non-hydrogen) atoms. The molecule has 0 radical (unpaired) electrons. The van der Waals surface area contributed by atoms with E-state index in [0.717, 1.165) is 0 Å². The van der Waals surface area contributed by atoms with E-state index in [2.05, 4.69) is 15.5 Å². The summed E-state index contributed by atoms with van der Waals surface area (Å²) in [6, 6.07) is 8.71. The molecule has 0 saturated carbocycles. The molecule has 0 atom stereocenters. The maximum atomic E-state index is 13.0. The van der Waals surface area contributed by atoms with Crippen LogP contribution < -0.4 is 19.5 Å². The fourth-order valence-corrected chi connectivity index (χ4v) is 3.09. The molecule has 1 aromatic heterocycles. The Hall–Kier alpha value is -3.20. The van der Waals surface area contributed by atoms with Gasteiger partial charge in [-0.2, -0.15) is 0 Å². The van der Waals surface area contributed by atoms with Gasteiger partial charge in [0.25, 0.3) is 5.91 Å². The van der Waals surface area contributed by atoms with Crippen molar-refractivity contribution in [2.24, 2.45) is 0 Å². The van der Waals surface area contributed by atoms with Gasteiger partial charge in [0.1, 0.15) is 10.8 Å². The van der Waals surface area contributed by atoms with Crippen molar-refractivity contribution in [1.82, 2.24) is 10.2 Å². The predicted octanol–water partition coefficient (Wildman–Crippen LogP) is 3.62. The van der Waals surface area contributed by atoms with Gasteiger partial charge in [0, 0.05) is 11.1 Å². The predicted molar refractivity (Wildman–Crippen MR) is 99.4 cm³/mol. The number of nitrogens with zero attached hydrogens (tertiary/aromatic N) is 2. The summed E-state index contributed by atoms with van der Waals surface area (Å²) in [6.07, 6.45) is 0. The van der Waals surface area contributed by atoms with Crippen LogP contribution in [0.4, 0.5) is 9.52 Å². The molecule has 0 unspecified atom stereocenters. The van der Waals surface area contributed by atoms with Crippen molar-refractivity contribution in [3.8, 4) is 27.8 Å². The first-order chi connectivity index (χ1) is 13.0. The third-order valence-corrected chi connectivity index (χ3v) is 4.55. The highest BCUT2D eigenvalue weighted by molar-refractivity contribution is 7.18. The minimum atomic E-state index is -0.410. The molecular weight excluding hydrogens is 373 g/mol. The largest absolute Gasteiger partial charge is 0.493 e. The molecule has 2 aromatic carbocycles. The summed E-state index contributed by atoms with van der Waals surface area (Å²) in [7, 11) is 4.57. The minimum absolute atomic E-state index is 0.313. The highest BCUT2D eigenvalue weighted by atomic mass is 32.1. The Bertz CT molecular complexity index is 934. The number of ether oxygens (including phenoxy) is 3. The van der Waals surface area contributed by atoms with Gasteiger partial charge in [-0.25, -0.2) is 4.39 Å². The van der Waals surface area contributed by atoms with Crippen LogP contribution in [0.25, 0.3) is 10.6 Å². The van der Waals surface area contributed by atoms with E-state index in [1.54, 1.807) is 12.1 Å². The zero-order valence-electron chi connectivity index (χ0n) is 14.8. The van der Waals surface area contributed by atoms with Gasteiger partial charge in [-0.3, -0.25) is 10.1 Å². The van der Waals surface area contributed by atoms with Crippen LogP contribution in [0.1, 0.15) is 10.4 Å². The first-order valence-corrected chi connectivity index (χ1v) is 8.58. The second-order valence-corrected chi connectivity index (χ2v) is 6.26. The standard InChI is InChI=1S/C18H16FN3O4S/c1-24-13-8-11(9-14(25-2)15(13)26-3)17-21-22-18(27-17)20-16(23)10-4-6-12(19)7-5-10/h4-9H,1-3H3,(H,20,22,23). The van der Waals surface area contributed by atoms with Gasteiger partial charge in [-0.05, 0) is 36.4 Å². The molecule has 1 heterocycles. The van der Waals surface area contributed by atoms with E-state index in [1.807, 2.05) is 0 Å². The third kappa shape index (κ3) is 3.98. The molecule has 140 valence electrons. The number of halogens is 1. The molecule has 0 aliphatic heterocycles. The van der Waals surface area contributed by atoms with E-state index < -0.39 is 11.7 Å². The summed E-state index contributed by atoms with van der Waals surface area (Å²) in [5.74, 6) is 0.630. The van der Waals surface area contributed by atoms with E-state index in [-0.39, 0.29) is 0 Å². The molecule has 0 fully saturated rings. The highest BCUT2D eigenvalue weighted by Gasteiger charge is 2.17. The molecule has 1 N–H and O–H groups in total. The Balaban J connectivity index is 1.85. The normalized spacial score (nSPS) is 10.4. The van der Waals surface area contributed by atoms with Gasteiger partial charge in [0.2, 0.25) is 10.9 Å². The average molecular weight is 389 g/mol. The number of rotatable bonds is 6. The van der Waals surface area contributed by atoms with Crippen molar-refractivity contribution < 1.29 is 23.4 Å². The Morgan fingerprint density at radius 2 is 1.63 bits per heavy atom. The lowest BCUT2D eigenvalue weighted by Gasteiger charge is -2.13. The topological polar surface area (TPSA) is 82.6 Å². The Kier molecular flexibility index (Phi) is 5.51. The number of hydrogen-bond donors (Lipinski definition) is 1. The van der Waals surface area contributed by atoms with Crippen LogP contribution in [0.3, 0.4) is 0 Å². The second-order valence-electron chi connectivity index (χ2n) is 5.29. The number of anilines is 1. The maximum Gasteiger partial charge on any atom is 0.257 e. The van der Waals surface area contributed by atoms with Crippen LogP contribution in [0, 0.1) is 5.82 Å². The van der Waals surface area contributed by atoms with Crippen LogP contribution in [0.15, 0.2) is 36.4 Å². The second kappa shape index (κ2) is 8.00. The number of nitrogens with one attached hydrogen (secondary N) is 1. The van der Waals surface area contributed by atoms with Crippen LogP contribution in [0.2, 0.25) is 0 Å². The first-order valence-electron chi connectivity index (χ1n) is 7.76. The molecule has 9 heteroatoms. The Morgan fingerprint density at radius 1 is 1.00 bits per heavy atom. The summed E-state index contributed by atoms with van der Waals surface area (Å²) in [6.45, 7) is 0. The number of carbonyl (C=O) groups excluding carboxylic acids is 1. The summed E-state index contributed by atoms with van der Waals surface area (Å²) in [5, 5.41) is 11.6. The lowest BCUT2D eigenvalue weighted by molar-refractivity contribution is 0.102. The van der Waals surface area contributed by atoms with Gasteiger partial charge >= 0.3 is 0 Å². The van der Waals surface area contributed by atoms with E-state index in [4.69, 9.17) is 14.2 Å². The fraction of sp³-hybridized carbons (Fsp3) is 0.167. The van der Waals surface area contributed by atoms with Crippen molar-refractivity contribution in [3.05, 3.63) is 47.8 Å². The summed E-state index contributed by atoms with van der Waals surface area (Å²) in [4.78, 5) is 12.2. The fourth-order valence-electron chi connectivity index (χ4n) is 2.37. The molecule has 0 saturated heterocycles. The molecular formula is C18H16FN3O4S. The maximum absolute atomic E-state index is 13.0. The van der Waals surface area contributed by atoms with E-state index in [9.17, 15) is 9.18 Å². The Morgan fingerprint density at radius 3 is 2.19 bits per heavy atom. The molecule has 7 nitrogen and oxygen atoms in total. The third-order valence-electron chi connectivity index (χ3n) is 3.66. The van der Waals surface area contributed by atoms with Crippen molar-refractivity contribution in [2.45, 2.75) is 0 Å². The van der Waals surface area contributed by atoms with Gasteiger partial charge in [0.05, 0.1) is 21.3 Å². The smallest absolute Gasteiger partial charge is 0.257 e. The van der Waals surface area contributed by atoms with Crippen LogP contribution >= 0.6 is 11.3 Å². The lowest BCUT2D eigenvalue weighted by atomic mass is 10.2. The van der Waals surface area contributed by atoms with E-state index in [0.29, 0.717) is 38.5 Å². The van der Waals surface area contributed by atoms with Crippen molar-refractivity contribution in [1.29, 1.82) is 0 Å². The van der Waals surface area contributed by atoms with Crippen molar-refractivity contribution in [3.63, 3.8) is 0 Å². The van der Waals surface area contributed by atoms with Gasteiger partial charge in [0.15, 0.2) is 11.5 Å². The summed E-state index contributed by atoms with van der Waals surface area (Å²) >= 11 is 1.18. The van der Waals surface area contributed by atoms with Crippen molar-refractivity contribution >= 4 is 22.4 Å². The van der Waals surface area contributed by atoms with Crippen LogP contribution in [-0.2, 0) is 0 Å². The highest BCUT2D eigenvalue weighted by Crippen LogP contribution is 2.42. The number of benzene rings is 2. The zero-order valence-corrected chi connectivity index (χ0v) is 15.6.